The highest BCUT2D eigenvalue weighted by atomic mass is 15.0. The summed E-state index contributed by atoms with van der Waals surface area (Å²) in [6, 6.07) is 3.27. The highest BCUT2D eigenvalue weighted by molar-refractivity contribution is 5.03. The summed E-state index contributed by atoms with van der Waals surface area (Å²) in [5.41, 5.74) is 0.475. The van der Waals surface area contributed by atoms with Gasteiger partial charge >= 0.3 is 0 Å². The van der Waals surface area contributed by atoms with Gasteiger partial charge in [0, 0.05) is 12.1 Å². The Morgan fingerprint density at radius 2 is 2.25 bits per heavy atom. The zero-order valence-corrected chi connectivity index (χ0v) is 8.22. The SMILES string of the molecule is CCC(CC#N)NC1CC1(C)C. The Kier molecular flexibility index (Phi) is 2.74. The zero-order valence-electron chi connectivity index (χ0n) is 8.22. The van der Waals surface area contributed by atoms with Gasteiger partial charge in [-0.2, -0.15) is 5.26 Å². The van der Waals surface area contributed by atoms with E-state index in [9.17, 15) is 0 Å². The number of rotatable bonds is 4. The molecule has 1 fully saturated rings. The van der Waals surface area contributed by atoms with Gasteiger partial charge in [0.2, 0.25) is 0 Å². The Hall–Kier alpha value is -0.550. The molecule has 1 aliphatic rings. The van der Waals surface area contributed by atoms with Crippen LogP contribution in [0.3, 0.4) is 0 Å². The number of nitrogens with one attached hydrogen (secondary N) is 1. The first-order valence-electron chi connectivity index (χ1n) is 4.73. The smallest absolute Gasteiger partial charge is 0.0638 e. The molecule has 1 saturated carbocycles. The highest BCUT2D eigenvalue weighted by Gasteiger charge is 2.45. The Labute approximate surface area is 75.0 Å². The predicted molar refractivity (Wildman–Crippen MR) is 49.6 cm³/mol. The first-order valence-corrected chi connectivity index (χ1v) is 4.73. The summed E-state index contributed by atoms with van der Waals surface area (Å²) in [6.45, 7) is 6.66. The second-order valence-electron chi connectivity index (χ2n) is 4.38. The molecule has 2 nitrogen and oxygen atoms in total. The normalized spacial score (nSPS) is 27.7. The molecular formula is C10H18N2. The molecule has 0 bridgehead atoms. The van der Waals surface area contributed by atoms with Crippen molar-refractivity contribution in [3.8, 4) is 6.07 Å². The predicted octanol–water partition coefficient (Wildman–Crippen LogP) is 2.07. The average Bonchev–Trinajstić information content (AvgIpc) is 2.58. The number of hydrogen-bond acceptors (Lipinski definition) is 2. The van der Waals surface area contributed by atoms with Crippen LogP contribution in [-0.4, -0.2) is 12.1 Å². The molecule has 0 spiro atoms. The molecule has 2 atom stereocenters. The van der Waals surface area contributed by atoms with Crippen LogP contribution in [0.4, 0.5) is 0 Å². The Morgan fingerprint density at radius 3 is 2.58 bits per heavy atom. The summed E-state index contributed by atoms with van der Waals surface area (Å²) in [7, 11) is 0. The fourth-order valence-electron chi connectivity index (χ4n) is 1.47. The molecule has 2 unspecified atom stereocenters. The van der Waals surface area contributed by atoms with Gasteiger partial charge in [-0.1, -0.05) is 20.8 Å². The van der Waals surface area contributed by atoms with Crippen molar-refractivity contribution in [1.82, 2.24) is 5.32 Å². The van der Waals surface area contributed by atoms with Gasteiger partial charge < -0.3 is 5.32 Å². The van der Waals surface area contributed by atoms with Gasteiger partial charge in [0.15, 0.2) is 0 Å². The lowest BCUT2D eigenvalue weighted by atomic mass is 10.1. The molecule has 0 saturated heterocycles. The van der Waals surface area contributed by atoms with Crippen LogP contribution in [0, 0.1) is 16.7 Å². The van der Waals surface area contributed by atoms with Gasteiger partial charge in [-0.15, -0.1) is 0 Å². The summed E-state index contributed by atoms with van der Waals surface area (Å²) in [6.07, 6.45) is 2.96. The van der Waals surface area contributed by atoms with Crippen LogP contribution in [0.2, 0.25) is 0 Å². The van der Waals surface area contributed by atoms with E-state index < -0.39 is 0 Å². The van der Waals surface area contributed by atoms with Gasteiger partial charge in [-0.3, -0.25) is 0 Å². The quantitative estimate of drug-likeness (QED) is 0.694. The maximum Gasteiger partial charge on any atom is 0.0638 e. The molecule has 68 valence electrons. The minimum atomic E-state index is 0.404. The third kappa shape index (κ3) is 2.22. The fourth-order valence-corrected chi connectivity index (χ4v) is 1.47. The Morgan fingerprint density at radius 1 is 1.67 bits per heavy atom. The van der Waals surface area contributed by atoms with Crippen LogP contribution >= 0.6 is 0 Å². The standard InChI is InChI=1S/C10H18N2/c1-4-8(5-6-11)12-9-7-10(9,2)3/h8-9,12H,4-5,7H2,1-3H3. The molecule has 0 aromatic carbocycles. The first kappa shape index (κ1) is 9.54. The van der Waals surface area contributed by atoms with Gasteiger partial charge in [0.25, 0.3) is 0 Å². The lowest BCUT2D eigenvalue weighted by Gasteiger charge is -2.14. The number of hydrogen-bond donors (Lipinski definition) is 1. The van der Waals surface area contributed by atoms with E-state index in [0.717, 1.165) is 6.42 Å². The maximum absolute atomic E-state index is 8.54. The van der Waals surface area contributed by atoms with Crippen molar-refractivity contribution in [2.45, 2.75) is 52.1 Å². The Bertz CT molecular complexity index is 191. The van der Waals surface area contributed by atoms with Gasteiger partial charge in [-0.25, -0.2) is 0 Å². The summed E-state index contributed by atoms with van der Waals surface area (Å²) in [4.78, 5) is 0. The van der Waals surface area contributed by atoms with Crippen molar-refractivity contribution in [2.75, 3.05) is 0 Å². The summed E-state index contributed by atoms with van der Waals surface area (Å²) < 4.78 is 0. The van der Waals surface area contributed by atoms with Crippen LogP contribution in [0.25, 0.3) is 0 Å². The molecule has 1 N–H and O–H groups in total. The third-order valence-corrected chi connectivity index (χ3v) is 2.78. The molecule has 0 amide bonds. The van der Waals surface area contributed by atoms with E-state index in [1.807, 2.05) is 0 Å². The van der Waals surface area contributed by atoms with Crippen molar-refractivity contribution >= 4 is 0 Å². The summed E-state index contributed by atoms with van der Waals surface area (Å²) in [5.74, 6) is 0. The van der Waals surface area contributed by atoms with Gasteiger partial charge in [0.05, 0.1) is 12.5 Å². The van der Waals surface area contributed by atoms with Crippen molar-refractivity contribution in [2.24, 2.45) is 5.41 Å². The van der Waals surface area contributed by atoms with Crippen molar-refractivity contribution < 1.29 is 0 Å². The molecule has 0 aromatic heterocycles. The zero-order chi connectivity index (χ0) is 9.19. The second kappa shape index (κ2) is 3.45. The van der Waals surface area contributed by atoms with Crippen LogP contribution in [0.1, 0.15) is 40.0 Å². The molecule has 0 radical (unpaired) electrons. The van der Waals surface area contributed by atoms with E-state index in [4.69, 9.17) is 5.26 Å². The van der Waals surface area contributed by atoms with E-state index in [1.54, 1.807) is 0 Å². The monoisotopic (exact) mass is 166 g/mol. The molecule has 0 aromatic rings. The van der Waals surface area contributed by atoms with E-state index in [1.165, 1.54) is 6.42 Å². The first-order chi connectivity index (χ1) is 5.60. The van der Waals surface area contributed by atoms with Crippen LogP contribution in [0.15, 0.2) is 0 Å². The van der Waals surface area contributed by atoms with E-state index >= 15 is 0 Å². The van der Waals surface area contributed by atoms with Gasteiger partial charge in [0.1, 0.15) is 0 Å². The minimum Gasteiger partial charge on any atom is -0.310 e. The number of nitriles is 1. The van der Waals surface area contributed by atoms with Crippen molar-refractivity contribution in [3.05, 3.63) is 0 Å². The molecule has 1 rings (SSSR count). The molecule has 1 aliphatic carbocycles. The molecule has 2 heteroatoms. The summed E-state index contributed by atoms with van der Waals surface area (Å²) in [5, 5.41) is 12.1. The molecule has 12 heavy (non-hydrogen) atoms. The van der Waals surface area contributed by atoms with Crippen molar-refractivity contribution in [1.29, 1.82) is 5.26 Å². The van der Waals surface area contributed by atoms with E-state index in [0.29, 0.717) is 23.9 Å². The average molecular weight is 166 g/mol. The topological polar surface area (TPSA) is 35.8 Å². The van der Waals surface area contributed by atoms with E-state index in [-0.39, 0.29) is 0 Å². The van der Waals surface area contributed by atoms with E-state index in [2.05, 4.69) is 32.2 Å². The lowest BCUT2D eigenvalue weighted by Crippen LogP contribution is -2.32. The summed E-state index contributed by atoms with van der Waals surface area (Å²) >= 11 is 0. The van der Waals surface area contributed by atoms with Crippen LogP contribution in [0.5, 0.6) is 0 Å². The van der Waals surface area contributed by atoms with Crippen LogP contribution in [-0.2, 0) is 0 Å². The van der Waals surface area contributed by atoms with Gasteiger partial charge in [-0.05, 0) is 18.3 Å². The molecule has 0 aliphatic heterocycles. The highest BCUT2D eigenvalue weighted by Crippen LogP contribution is 2.44. The minimum absolute atomic E-state index is 0.404. The number of nitrogens with zero attached hydrogens (tertiary/aromatic N) is 1. The third-order valence-electron chi connectivity index (χ3n) is 2.78. The maximum atomic E-state index is 8.54. The lowest BCUT2D eigenvalue weighted by molar-refractivity contribution is 0.454. The Balaban J connectivity index is 2.26. The largest absolute Gasteiger partial charge is 0.310 e. The molecule has 0 heterocycles. The molecular weight excluding hydrogens is 148 g/mol. The van der Waals surface area contributed by atoms with Crippen molar-refractivity contribution in [3.63, 3.8) is 0 Å². The fraction of sp³-hybridized carbons (Fsp3) is 0.900. The second-order valence-corrected chi connectivity index (χ2v) is 4.38. The van der Waals surface area contributed by atoms with Crippen LogP contribution < -0.4 is 5.32 Å².